The van der Waals surface area contributed by atoms with Crippen molar-refractivity contribution >= 4 is 23.9 Å². The molecule has 0 unspecified atom stereocenters. The van der Waals surface area contributed by atoms with Gasteiger partial charge in [0.2, 0.25) is 5.91 Å². The van der Waals surface area contributed by atoms with E-state index in [1.54, 1.807) is 12.1 Å². The molecular weight excluding hydrogens is 346 g/mol. The van der Waals surface area contributed by atoms with E-state index in [9.17, 15) is 14.4 Å². The van der Waals surface area contributed by atoms with Crippen LogP contribution in [-0.4, -0.2) is 24.4 Å². The Morgan fingerprint density at radius 2 is 1.59 bits per heavy atom. The van der Waals surface area contributed by atoms with Crippen LogP contribution in [0.1, 0.15) is 25.0 Å². The predicted molar refractivity (Wildman–Crippen MR) is 101 cm³/mol. The van der Waals surface area contributed by atoms with Gasteiger partial charge in [-0.3, -0.25) is 14.4 Å². The van der Waals surface area contributed by atoms with Gasteiger partial charge >= 0.3 is 11.9 Å². The van der Waals surface area contributed by atoms with Crippen molar-refractivity contribution in [3.8, 4) is 11.5 Å². The summed E-state index contributed by atoms with van der Waals surface area (Å²) in [4.78, 5) is 34.3. The summed E-state index contributed by atoms with van der Waals surface area (Å²) < 4.78 is 10.1. The maximum absolute atomic E-state index is 11.9. The molecule has 2 rings (SSSR count). The van der Waals surface area contributed by atoms with E-state index < -0.39 is 11.9 Å². The summed E-state index contributed by atoms with van der Waals surface area (Å²) in [6, 6.07) is 14.5. The topological polar surface area (TPSA) is 81.7 Å². The van der Waals surface area contributed by atoms with Crippen LogP contribution >= 0.6 is 0 Å². The summed E-state index contributed by atoms with van der Waals surface area (Å²) >= 11 is 0. The minimum absolute atomic E-state index is 0.115. The molecule has 1 N–H and O–H groups in total. The molecule has 0 atom stereocenters. The number of carbonyl (C=O) groups excluding carboxylic acids is 3. The molecule has 0 saturated heterocycles. The number of amides is 1. The SMILES string of the molecule is CC(=O)Oc1ccc(/C=C/C(=O)NCCc2ccccc2)cc1OC(C)=O. The molecule has 0 heterocycles. The van der Waals surface area contributed by atoms with Crippen molar-refractivity contribution in [2.24, 2.45) is 0 Å². The van der Waals surface area contributed by atoms with Crippen molar-refractivity contribution in [2.45, 2.75) is 20.3 Å². The normalized spacial score (nSPS) is 10.4. The molecule has 2 aromatic carbocycles. The van der Waals surface area contributed by atoms with Gasteiger partial charge in [0, 0.05) is 26.5 Å². The maximum atomic E-state index is 11.9. The van der Waals surface area contributed by atoms with E-state index >= 15 is 0 Å². The van der Waals surface area contributed by atoms with E-state index in [0.717, 1.165) is 12.0 Å². The van der Waals surface area contributed by atoms with Crippen LogP contribution in [0.5, 0.6) is 11.5 Å². The molecule has 27 heavy (non-hydrogen) atoms. The lowest BCUT2D eigenvalue weighted by molar-refractivity contribution is -0.134. The first-order chi connectivity index (χ1) is 12.9. The Morgan fingerprint density at radius 1 is 0.926 bits per heavy atom. The van der Waals surface area contributed by atoms with Gasteiger partial charge in [-0.2, -0.15) is 0 Å². The zero-order valence-electron chi connectivity index (χ0n) is 15.2. The minimum atomic E-state index is -0.539. The Labute approximate surface area is 157 Å². The van der Waals surface area contributed by atoms with Crippen molar-refractivity contribution in [1.29, 1.82) is 0 Å². The number of nitrogens with one attached hydrogen (secondary N) is 1. The summed E-state index contributed by atoms with van der Waals surface area (Å²) in [6.07, 6.45) is 3.72. The average Bonchev–Trinajstić information content (AvgIpc) is 2.62. The highest BCUT2D eigenvalue weighted by atomic mass is 16.6. The minimum Gasteiger partial charge on any atom is -0.423 e. The average molecular weight is 367 g/mol. The van der Waals surface area contributed by atoms with E-state index in [1.165, 1.54) is 32.1 Å². The van der Waals surface area contributed by atoms with Crippen LogP contribution < -0.4 is 14.8 Å². The third-order valence-electron chi connectivity index (χ3n) is 3.46. The summed E-state index contributed by atoms with van der Waals surface area (Å²) in [7, 11) is 0. The first-order valence-electron chi connectivity index (χ1n) is 8.45. The molecule has 0 aliphatic carbocycles. The molecule has 0 radical (unpaired) electrons. The first-order valence-corrected chi connectivity index (χ1v) is 8.45. The number of ether oxygens (including phenoxy) is 2. The highest BCUT2D eigenvalue weighted by Crippen LogP contribution is 2.29. The molecule has 6 heteroatoms. The van der Waals surface area contributed by atoms with Gasteiger partial charge in [0.15, 0.2) is 11.5 Å². The fourth-order valence-electron chi connectivity index (χ4n) is 2.31. The van der Waals surface area contributed by atoms with Crippen LogP contribution in [0.2, 0.25) is 0 Å². The maximum Gasteiger partial charge on any atom is 0.308 e. The number of esters is 2. The van der Waals surface area contributed by atoms with Gasteiger partial charge in [-0.05, 0) is 35.8 Å². The van der Waals surface area contributed by atoms with Gasteiger partial charge < -0.3 is 14.8 Å². The molecule has 0 aliphatic rings. The Morgan fingerprint density at radius 3 is 2.26 bits per heavy atom. The fraction of sp³-hybridized carbons (Fsp3) is 0.190. The quantitative estimate of drug-likeness (QED) is 0.462. The second-order valence-corrected chi connectivity index (χ2v) is 5.75. The summed E-state index contributed by atoms with van der Waals surface area (Å²) in [6.45, 7) is 3.03. The number of rotatable bonds is 7. The fourth-order valence-corrected chi connectivity index (χ4v) is 2.31. The Hall–Kier alpha value is -3.41. The van der Waals surface area contributed by atoms with Crippen molar-refractivity contribution in [2.75, 3.05) is 6.54 Å². The Kier molecular flexibility index (Phi) is 7.31. The van der Waals surface area contributed by atoms with Crippen LogP contribution in [0.25, 0.3) is 6.08 Å². The van der Waals surface area contributed by atoms with E-state index in [0.29, 0.717) is 12.1 Å². The highest BCUT2D eigenvalue weighted by Gasteiger charge is 2.10. The molecule has 0 saturated carbocycles. The zero-order chi connectivity index (χ0) is 19.6. The Bertz CT molecular complexity index is 843. The molecule has 0 aliphatic heterocycles. The van der Waals surface area contributed by atoms with Gasteiger partial charge in [-0.25, -0.2) is 0 Å². The van der Waals surface area contributed by atoms with E-state index in [2.05, 4.69) is 5.32 Å². The first kappa shape index (κ1) is 19.9. The second kappa shape index (κ2) is 9.91. The lowest BCUT2D eigenvalue weighted by Crippen LogP contribution is -2.23. The largest absolute Gasteiger partial charge is 0.423 e. The van der Waals surface area contributed by atoms with Crippen LogP contribution in [0.3, 0.4) is 0 Å². The number of hydrogen-bond donors (Lipinski definition) is 1. The predicted octanol–water partition coefficient (Wildman–Crippen LogP) is 2.91. The lowest BCUT2D eigenvalue weighted by Gasteiger charge is -2.09. The Balaban J connectivity index is 1.97. The molecule has 2 aromatic rings. The molecule has 6 nitrogen and oxygen atoms in total. The number of hydrogen-bond acceptors (Lipinski definition) is 5. The van der Waals surface area contributed by atoms with Gasteiger partial charge in [0.05, 0.1) is 0 Å². The van der Waals surface area contributed by atoms with E-state index in [1.807, 2.05) is 30.3 Å². The number of benzene rings is 2. The molecule has 0 fully saturated rings. The third kappa shape index (κ3) is 7.15. The smallest absolute Gasteiger partial charge is 0.308 e. The van der Waals surface area contributed by atoms with Crippen molar-refractivity contribution in [3.05, 3.63) is 65.7 Å². The van der Waals surface area contributed by atoms with Crippen molar-refractivity contribution in [1.82, 2.24) is 5.32 Å². The molecule has 0 spiro atoms. The molecule has 140 valence electrons. The third-order valence-corrected chi connectivity index (χ3v) is 3.46. The molecular formula is C21H21NO5. The summed E-state index contributed by atoms with van der Waals surface area (Å²) in [5.74, 6) is -1.04. The van der Waals surface area contributed by atoms with Crippen molar-refractivity contribution < 1.29 is 23.9 Å². The molecule has 0 bridgehead atoms. The zero-order valence-corrected chi connectivity index (χ0v) is 15.2. The van der Waals surface area contributed by atoms with Gasteiger partial charge in [0.1, 0.15) is 0 Å². The molecule has 0 aromatic heterocycles. The monoisotopic (exact) mass is 367 g/mol. The summed E-state index contributed by atoms with van der Waals surface area (Å²) in [5.41, 5.74) is 1.77. The lowest BCUT2D eigenvalue weighted by atomic mass is 10.1. The van der Waals surface area contributed by atoms with Crippen LogP contribution in [0.15, 0.2) is 54.6 Å². The van der Waals surface area contributed by atoms with Crippen LogP contribution in [-0.2, 0) is 20.8 Å². The van der Waals surface area contributed by atoms with Crippen LogP contribution in [0.4, 0.5) is 0 Å². The molecule has 1 amide bonds. The van der Waals surface area contributed by atoms with Gasteiger partial charge in [-0.1, -0.05) is 36.4 Å². The number of carbonyl (C=O) groups is 3. The second-order valence-electron chi connectivity index (χ2n) is 5.75. The highest BCUT2D eigenvalue weighted by molar-refractivity contribution is 5.91. The van der Waals surface area contributed by atoms with Gasteiger partial charge in [0.25, 0.3) is 0 Å². The standard InChI is InChI=1S/C21H21NO5/c1-15(23)26-19-10-8-18(14-20(19)27-16(2)24)9-11-21(25)22-13-12-17-6-4-3-5-7-17/h3-11,14H,12-13H2,1-2H3,(H,22,25)/b11-9+. The van der Waals surface area contributed by atoms with Crippen molar-refractivity contribution in [3.63, 3.8) is 0 Å². The van der Waals surface area contributed by atoms with E-state index in [4.69, 9.17) is 9.47 Å². The van der Waals surface area contributed by atoms with Crippen LogP contribution in [0, 0.1) is 0 Å². The van der Waals surface area contributed by atoms with E-state index in [-0.39, 0.29) is 17.4 Å². The summed E-state index contributed by atoms with van der Waals surface area (Å²) in [5, 5.41) is 2.81. The van der Waals surface area contributed by atoms with Gasteiger partial charge in [-0.15, -0.1) is 0 Å².